The summed E-state index contributed by atoms with van der Waals surface area (Å²) in [6, 6.07) is 0.378. The normalized spacial score (nSPS) is 11.4. The molecule has 0 aliphatic rings. The third kappa shape index (κ3) is 2.82. The van der Waals surface area contributed by atoms with E-state index < -0.39 is 5.97 Å². The van der Waals surface area contributed by atoms with E-state index in [1.54, 1.807) is 10.9 Å². The zero-order chi connectivity index (χ0) is 12.3. The first kappa shape index (κ1) is 12.7. The Hall–Kier alpha value is -1.36. The van der Waals surface area contributed by atoms with Crippen LogP contribution >= 0.6 is 0 Å². The number of aromatic carboxylic acids is 1. The van der Waals surface area contributed by atoms with E-state index in [0.717, 1.165) is 5.56 Å². The molecule has 1 rings (SSSR count). The van der Waals surface area contributed by atoms with Crippen molar-refractivity contribution in [2.24, 2.45) is 0 Å². The highest BCUT2D eigenvalue weighted by molar-refractivity contribution is 5.87. The molecule has 5 nitrogen and oxygen atoms in total. The van der Waals surface area contributed by atoms with Crippen molar-refractivity contribution in [1.29, 1.82) is 0 Å². The second-order valence-corrected chi connectivity index (χ2v) is 4.40. The zero-order valence-corrected chi connectivity index (χ0v) is 10.2. The van der Waals surface area contributed by atoms with Gasteiger partial charge in [-0.25, -0.2) is 4.79 Å². The van der Waals surface area contributed by atoms with Crippen molar-refractivity contribution in [2.45, 2.75) is 46.3 Å². The molecule has 5 heteroatoms. The maximum Gasteiger partial charge on any atom is 0.354 e. The van der Waals surface area contributed by atoms with Gasteiger partial charge in [-0.3, -0.25) is 4.68 Å². The monoisotopic (exact) mass is 225 g/mol. The fourth-order valence-electron chi connectivity index (χ4n) is 1.47. The van der Waals surface area contributed by atoms with Crippen LogP contribution in [0.3, 0.4) is 0 Å². The van der Waals surface area contributed by atoms with Crippen molar-refractivity contribution in [3.8, 4) is 0 Å². The smallest absolute Gasteiger partial charge is 0.354 e. The fraction of sp³-hybridized carbons (Fsp3) is 0.636. The third-order valence-corrected chi connectivity index (χ3v) is 2.26. The predicted octanol–water partition coefficient (Wildman–Crippen LogP) is 1.66. The first-order valence-corrected chi connectivity index (χ1v) is 5.46. The van der Waals surface area contributed by atoms with E-state index in [-0.39, 0.29) is 11.7 Å². The van der Waals surface area contributed by atoms with Gasteiger partial charge in [0, 0.05) is 24.2 Å². The summed E-state index contributed by atoms with van der Waals surface area (Å²) >= 11 is 0. The van der Waals surface area contributed by atoms with Crippen LogP contribution in [0.15, 0.2) is 6.20 Å². The highest BCUT2D eigenvalue weighted by atomic mass is 16.4. The maximum absolute atomic E-state index is 11.2. The van der Waals surface area contributed by atoms with Crippen LogP contribution in [0.1, 0.15) is 49.8 Å². The molecule has 16 heavy (non-hydrogen) atoms. The van der Waals surface area contributed by atoms with Crippen molar-refractivity contribution in [2.75, 3.05) is 0 Å². The van der Waals surface area contributed by atoms with Crippen LogP contribution in [0.2, 0.25) is 0 Å². The fourth-order valence-corrected chi connectivity index (χ4v) is 1.47. The number of rotatable bonds is 5. The predicted molar refractivity (Wildman–Crippen MR) is 61.5 cm³/mol. The topological polar surface area (TPSA) is 67.2 Å². The Kier molecular flexibility index (Phi) is 4.06. The Bertz CT molecular complexity index is 369. The van der Waals surface area contributed by atoms with Crippen LogP contribution in [0.4, 0.5) is 0 Å². The van der Waals surface area contributed by atoms with Gasteiger partial charge in [0.25, 0.3) is 0 Å². The van der Waals surface area contributed by atoms with E-state index in [1.807, 2.05) is 27.7 Å². The Morgan fingerprint density at radius 3 is 2.56 bits per heavy atom. The van der Waals surface area contributed by atoms with Crippen LogP contribution in [-0.4, -0.2) is 26.9 Å². The van der Waals surface area contributed by atoms with Gasteiger partial charge in [0.1, 0.15) is 0 Å². The van der Waals surface area contributed by atoms with Crippen molar-refractivity contribution < 1.29 is 9.90 Å². The van der Waals surface area contributed by atoms with E-state index in [9.17, 15) is 4.79 Å². The molecule has 1 aromatic heterocycles. The summed E-state index contributed by atoms with van der Waals surface area (Å²) < 4.78 is 1.54. The lowest BCUT2D eigenvalue weighted by atomic mass is 10.2. The van der Waals surface area contributed by atoms with Crippen LogP contribution in [0.25, 0.3) is 0 Å². The summed E-state index contributed by atoms with van der Waals surface area (Å²) in [5, 5.41) is 16.5. The van der Waals surface area contributed by atoms with Gasteiger partial charge in [-0.1, -0.05) is 13.8 Å². The number of aromatic nitrogens is 2. The average Bonchev–Trinajstić information content (AvgIpc) is 2.57. The molecule has 2 N–H and O–H groups in total. The Balaban J connectivity index is 2.96. The highest BCUT2D eigenvalue weighted by Crippen LogP contribution is 2.14. The van der Waals surface area contributed by atoms with E-state index in [1.165, 1.54) is 0 Å². The van der Waals surface area contributed by atoms with Gasteiger partial charge < -0.3 is 10.4 Å². The van der Waals surface area contributed by atoms with Gasteiger partial charge in [0.05, 0.1) is 6.20 Å². The summed E-state index contributed by atoms with van der Waals surface area (Å²) in [7, 11) is 0. The molecular formula is C11H19N3O2. The minimum atomic E-state index is -0.924. The molecule has 0 spiro atoms. The number of nitrogens with one attached hydrogen (secondary N) is 1. The standard InChI is InChI=1S/C11H19N3O2/c1-7(2)12-5-9-6-13-14(8(3)4)10(9)11(15)16/h6-8,12H,5H2,1-4H3,(H,15,16). The number of hydrogen-bond acceptors (Lipinski definition) is 3. The van der Waals surface area contributed by atoms with Crippen LogP contribution in [0.5, 0.6) is 0 Å². The molecule has 1 aromatic rings. The summed E-state index contributed by atoms with van der Waals surface area (Å²) in [6.45, 7) is 8.41. The molecule has 0 amide bonds. The van der Waals surface area contributed by atoms with Gasteiger partial charge in [0.15, 0.2) is 5.69 Å². The van der Waals surface area contributed by atoms with Gasteiger partial charge in [-0.05, 0) is 13.8 Å². The Morgan fingerprint density at radius 1 is 1.50 bits per heavy atom. The second kappa shape index (κ2) is 5.12. The summed E-state index contributed by atoms with van der Waals surface area (Å²) in [4.78, 5) is 11.2. The number of nitrogens with zero attached hydrogens (tertiary/aromatic N) is 2. The Labute approximate surface area is 95.5 Å². The third-order valence-electron chi connectivity index (χ3n) is 2.26. The van der Waals surface area contributed by atoms with E-state index in [4.69, 9.17) is 5.11 Å². The number of hydrogen-bond donors (Lipinski definition) is 2. The van der Waals surface area contributed by atoms with Gasteiger partial charge in [-0.15, -0.1) is 0 Å². The molecule has 0 radical (unpaired) electrons. The van der Waals surface area contributed by atoms with Crippen molar-refractivity contribution in [1.82, 2.24) is 15.1 Å². The largest absolute Gasteiger partial charge is 0.477 e. The average molecular weight is 225 g/mol. The quantitative estimate of drug-likeness (QED) is 0.799. The van der Waals surface area contributed by atoms with Crippen molar-refractivity contribution >= 4 is 5.97 Å². The molecule has 0 atom stereocenters. The lowest BCUT2D eigenvalue weighted by molar-refractivity contribution is 0.0679. The van der Waals surface area contributed by atoms with Gasteiger partial charge in [-0.2, -0.15) is 5.10 Å². The number of carboxylic acid groups (broad SMARTS) is 1. The number of carbonyl (C=O) groups is 1. The van der Waals surface area contributed by atoms with E-state index in [0.29, 0.717) is 12.6 Å². The zero-order valence-electron chi connectivity index (χ0n) is 10.2. The first-order valence-electron chi connectivity index (χ1n) is 5.46. The second-order valence-electron chi connectivity index (χ2n) is 4.40. The van der Waals surface area contributed by atoms with E-state index >= 15 is 0 Å². The number of carboxylic acids is 1. The van der Waals surface area contributed by atoms with Gasteiger partial charge in [0.2, 0.25) is 0 Å². The van der Waals surface area contributed by atoms with Crippen molar-refractivity contribution in [3.63, 3.8) is 0 Å². The molecule has 0 aliphatic carbocycles. The van der Waals surface area contributed by atoms with Crippen molar-refractivity contribution in [3.05, 3.63) is 17.5 Å². The summed E-state index contributed by atoms with van der Waals surface area (Å²) in [6.07, 6.45) is 1.62. The lowest BCUT2D eigenvalue weighted by Gasteiger charge is -2.10. The van der Waals surface area contributed by atoms with E-state index in [2.05, 4.69) is 10.4 Å². The molecule has 0 saturated heterocycles. The minimum Gasteiger partial charge on any atom is -0.477 e. The molecule has 90 valence electrons. The molecule has 0 aromatic carbocycles. The Morgan fingerprint density at radius 2 is 2.12 bits per heavy atom. The lowest BCUT2D eigenvalue weighted by Crippen LogP contribution is -2.23. The molecular weight excluding hydrogens is 206 g/mol. The van der Waals surface area contributed by atoms with Crippen LogP contribution < -0.4 is 5.32 Å². The molecule has 0 aliphatic heterocycles. The highest BCUT2D eigenvalue weighted by Gasteiger charge is 2.18. The molecule has 0 unspecified atom stereocenters. The molecule has 1 heterocycles. The van der Waals surface area contributed by atoms with Crippen LogP contribution in [-0.2, 0) is 6.54 Å². The molecule has 0 saturated carbocycles. The maximum atomic E-state index is 11.2. The molecule has 0 fully saturated rings. The van der Waals surface area contributed by atoms with Gasteiger partial charge >= 0.3 is 5.97 Å². The summed E-state index contributed by atoms with van der Waals surface area (Å²) in [5.41, 5.74) is 1.01. The SMILES string of the molecule is CC(C)NCc1cnn(C(C)C)c1C(=O)O. The first-order chi connectivity index (χ1) is 7.43. The minimum absolute atomic E-state index is 0.0545. The molecule has 0 bridgehead atoms. The summed E-state index contributed by atoms with van der Waals surface area (Å²) in [5.74, 6) is -0.924. The van der Waals surface area contributed by atoms with Crippen LogP contribution in [0, 0.1) is 0 Å².